The summed E-state index contributed by atoms with van der Waals surface area (Å²) in [5, 5.41) is 49.6. The Morgan fingerprint density at radius 2 is 1.22 bits per heavy atom. The maximum atomic E-state index is 13.8. The van der Waals surface area contributed by atoms with Crippen molar-refractivity contribution < 1.29 is 67.7 Å². The fourth-order valence-corrected chi connectivity index (χ4v) is 7.39. The van der Waals surface area contributed by atoms with Crippen LogP contribution in [0.4, 0.5) is 5.69 Å². The number of hydrogen-bond acceptors (Lipinski definition) is 16. The highest BCUT2D eigenvalue weighted by atomic mass is 16.4. The van der Waals surface area contributed by atoms with Crippen LogP contribution in [-0.2, 0) is 54.4 Å². The summed E-state index contributed by atoms with van der Waals surface area (Å²) in [6, 6.07) is -5.76. The Labute approximate surface area is 438 Å². The number of nitrogens with zero attached hydrogens (tertiary/aromatic N) is 1. The molecule has 1 heterocycles. The minimum Gasteiger partial charge on any atom is -0.481 e. The summed E-state index contributed by atoms with van der Waals surface area (Å²) in [6.07, 6.45) is -1.98. The summed E-state index contributed by atoms with van der Waals surface area (Å²) >= 11 is 0. The van der Waals surface area contributed by atoms with Crippen LogP contribution >= 0.6 is 0 Å². The summed E-state index contributed by atoms with van der Waals surface area (Å²) in [5.41, 5.74) is 21.6. The molecule has 1 aromatic carbocycles. The quantitative estimate of drug-likeness (QED) is 0.0145. The molecule has 0 saturated heterocycles. The molecule has 19 N–H and O–H groups in total. The first-order valence-corrected chi connectivity index (χ1v) is 24.7. The number of aliphatic hydroxyl groups is 2. The molecule has 0 fully saturated rings. The van der Waals surface area contributed by atoms with E-state index in [-0.39, 0.29) is 68.2 Å². The van der Waals surface area contributed by atoms with Crippen molar-refractivity contribution in [2.24, 2.45) is 39.8 Å². The van der Waals surface area contributed by atoms with E-state index in [9.17, 15) is 68.1 Å². The number of nitrogens with two attached hydrogens (primary N) is 4. The number of benzene rings is 1. The number of hydrogen-bond donors (Lipinski definition) is 15. The van der Waals surface area contributed by atoms with E-state index in [0.717, 1.165) is 6.07 Å². The van der Waals surface area contributed by atoms with E-state index in [1.807, 2.05) is 0 Å². The van der Waals surface area contributed by atoms with Crippen molar-refractivity contribution in [1.29, 1.82) is 0 Å². The zero-order chi connectivity index (χ0) is 57.6. The molecule has 2 aromatic rings. The first-order chi connectivity index (χ1) is 35.6. The maximum absolute atomic E-state index is 13.8. The molecule has 1 aromatic heterocycles. The van der Waals surface area contributed by atoms with Crippen LogP contribution in [0.1, 0.15) is 99.0 Å². The molecule has 76 heavy (non-hydrogen) atoms. The Hall–Kier alpha value is -7.72. The summed E-state index contributed by atoms with van der Waals surface area (Å²) in [4.78, 5) is 147. The lowest BCUT2D eigenvalue weighted by Gasteiger charge is -2.28. The van der Waals surface area contributed by atoms with Crippen molar-refractivity contribution in [3.05, 3.63) is 40.2 Å². The number of nitrogens with one attached hydrogen (secondary N) is 8. The van der Waals surface area contributed by atoms with Crippen LogP contribution in [0.3, 0.4) is 0 Å². The van der Waals surface area contributed by atoms with Crippen molar-refractivity contribution in [2.45, 2.75) is 154 Å². The minimum absolute atomic E-state index is 0.00710. The average molecular weight is 1070 g/mol. The number of primary amides is 1. The molecule has 9 amide bonds. The first-order valence-electron chi connectivity index (χ1n) is 24.7. The Morgan fingerprint density at radius 3 is 1.78 bits per heavy atom. The number of carboxylic acids is 1. The van der Waals surface area contributed by atoms with Crippen molar-refractivity contribution in [2.75, 3.05) is 18.5 Å². The van der Waals surface area contributed by atoms with E-state index in [2.05, 4.69) is 47.5 Å². The molecule has 0 aliphatic carbocycles. The van der Waals surface area contributed by atoms with Crippen LogP contribution < -0.4 is 71.1 Å². The Kier molecular flexibility index (Phi) is 26.5. The number of aliphatic carboxylic acids is 1. The minimum atomic E-state index is -1.66. The highest BCUT2D eigenvalue weighted by Gasteiger charge is 2.35. The lowest BCUT2D eigenvalue weighted by molar-refractivity contribution is -0.139. The SMILES string of the molecule is CCCC(NC(=O)C(CCC(=O)O)NC(=O)C(N)C(C)O)C(=O)NC(C(=O)NC(C)C(=O)NC(CC(C)C)C(=O)NC(CO)C(=O)NC(CCCN=C(N)N)C(=O)Nc1ccc2c(CC(N)=O)cc(=O)oc2c1)C(C)C. The van der Waals surface area contributed by atoms with Crippen LogP contribution in [-0.4, -0.2) is 148 Å². The second kappa shape index (κ2) is 31.2. The Bertz CT molecular complexity index is 2480. The van der Waals surface area contributed by atoms with Gasteiger partial charge in [-0.2, -0.15) is 0 Å². The number of carbonyl (C=O) groups excluding carboxylic acids is 9. The molecule has 0 aliphatic heterocycles. The van der Waals surface area contributed by atoms with Crippen molar-refractivity contribution in [3.8, 4) is 0 Å². The predicted molar refractivity (Wildman–Crippen MR) is 276 cm³/mol. The van der Waals surface area contributed by atoms with Crippen LogP contribution in [0.25, 0.3) is 11.0 Å². The number of guanidine groups is 1. The molecule has 0 bridgehead atoms. The highest BCUT2D eigenvalue weighted by molar-refractivity contribution is 6.01. The van der Waals surface area contributed by atoms with E-state index in [4.69, 9.17) is 27.4 Å². The smallest absolute Gasteiger partial charge is 0.336 e. The molecular weight excluding hydrogens is 999 g/mol. The fourth-order valence-electron chi connectivity index (χ4n) is 7.39. The van der Waals surface area contributed by atoms with Crippen LogP contribution in [0.2, 0.25) is 0 Å². The summed E-state index contributed by atoms with van der Waals surface area (Å²) in [6.45, 7) is 10.0. The fraction of sp³-hybridized carbons (Fsp3) is 0.583. The van der Waals surface area contributed by atoms with Gasteiger partial charge >= 0.3 is 11.6 Å². The topological polar surface area (TPSA) is 474 Å². The van der Waals surface area contributed by atoms with Crippen LogP contribution in [0.15, 0.2) is 38.5 Å². The van der Waals surface area contributed by atoms with Gasteiger partial charge in [0, 0.05) is 36.2 Å². The van der Waals surface area contributed by atoms with Gasteiger partial charge in [0.15, 0.2) is 5.96 Å². The molecule has 0 spiro atoms. The molecule has 0 saturated carbocycles. The number of anilines is 1. The lowest BCUT2D eigenvalue weighted by Crippen LogP contribution is -2.61. The van der Waals surface area contributed by atoms with Gasteiger partial charge in [0.05, 0.1) is 19.1 Å². The van der Waals surface area contributed by atoms with E-state index >= 15 is 0 Å². The number of aliphatic hydroxyl groups excluding tert-OH is 2. The normalized spacial score (nSPS) is 14.7. The molecule has 28 nitrogen and oxygen atoms in total. The van der Waals surface area contributed by atoms with Gasteiger partial charge in [0.1, 0.15) is 53.9 Å². The van der Waals surface area contributed by atoms with Crippen molar-refractivity contribution in [1.82, 2.24) is 37.2 Å². The monoisotopic (exact) mass is 1070 g/mol. The summed E-state index contributed by atoms with van der Waals surface area (Å²) < 4.78 is 5.27. The van der Waals surface area contributed by atoms with E-state index < -0.39 is 138 Å². The number of aliphatic imine (C=N–C) groups is 1. The van der Waals surface area contributed by atoms with E-state index in [1.165, 1.54) is 32.0 Å². The lowest BCUT2D eigenvalue weighted by atomic mass is 10.0. The van der Waals surface area contributed by atoms with Gasteiger partial charge in [0.2, 0.25) is 53.2 Å². The van der Waals surface area contributed by atoms with Gasteiger partial charge in [-0.25, -0.2) is 4.79 Å². The largest absolute Gasteiger partial charge is 0.481 e. The van der Waals surface area contributed by atoms with E-state index in [1.54, 1.807) is 34.6 Å². The van der Waals surface area contributed by atoms with Gasteiger partial charge in [-0.1, -0.05) is 41.0 Å². The Balaban J connectivity index is 2.24. The molecular formula is C48H75N13O15. The summed E-state index contributed by atoms with van der Waals surface area (Å²) in [7, 11) is 0. The van der Waals surface area contributed by atoms with Crippen LogP contribution in [0.5, 0.6) is 0 Å². The Morgan fingerprint density at radius 1 is 0.671 bits per heavy atom. The van der Waals surface area contributed by atoms with E-state index in [0.29, 0.717) is 17.4 Å². The predicted octanol–water partition coefficient (Wildman–Crippen LogP) is -3.71. The molecule has 9 unspecified atom stereocenters. The number of fused-ring (bicyclic) bond motifs is 1. The number of amides is 9. The zero-order valence-electron chi connectivity index (χ0n) is 43.7. The van der Waals surface area contributed by atoms with Crippen molar-refractivity contribution in [3.63, 3.8) is 0 Å². The van der Waals surface area contributed by atoms with Gasteiger partial charge < -0.3 is 85.2 Å². The van der Waals surface area contributed by atoms with Gasteiger partial charge in [-0.15, -0.1) is 0 Å². The molecule has 0 aliphatic rings. The third-order valence-electron chi connectivity index (χ3n) is 11.5. The second-order valence-corrected chi connectivity index (χ2v) is 18.9. The molecule has 28 heteroatoms. The number of rotatable bonds is 32. The standard InChI is InChI=1S/C48H75N13O15/c1-8-10-29(56-42(70)31(14-15-36(65)66)58-46(74)38(50)25(7)63)43(71)61-39(23(4)5)47(75)54-24(6)40(68)59-32(17-22(2)3)44(72)60-33(21-62)45(73)57-30(11-9-16-53-48(51)52)41(69)55-27-12-13-28-26(18-35(49)64)19-37(67)76-34(28)20-27/h12-13,19-20,22-25,29-33,38-39,62-63H,8-11,14-18,21,50H2,1-7H3,(H2,49,64)(H,54,75)(H,55,69)(H,56,70)(H,57,73)(H,58,74)(H,59,68)(H,60,72)(H,61,71)(H,65,66)(H4,51,52,53). The molecule has 422 valence electrons. The zero-order valence-corrected chi connectivity index (χ0v) is 43.7. The number of carboxylic acid groups (broad SMARTS) is 1. The molecule has 9 atom stereocenters. The van der Waals surface area contributed by atoms with Crippen LogP contribution in [0, 0.1) is 11.8 Å². The van der Waals surface area contributed by atoms with Gasteiger partial charge in [-0.05, 0) is 75.5 Å². The molecule has 2 rings (SSSR count). The average Bonchev–Trinajstić information content (AvgIpc) is 3.32. The third kappa shape index (κ3) is 21.6. The highest BCUT2D eigenvalue weighted by Crippen LogP contribution is 2.22. The van der Waals surface area contributed by atoms with Crippen molar-refractivity contribution >= 4 is 81.8 Å². The summed E-state index contributed by atoms with van der Waals surface area (Å²) in [5.74, 6) is -10.1. The maximum Gasteiger partial charge on any atom is 0.336 e. The second-order valence-electron chi connectivity index (χ2n) is 18.9. The molecule has 0 radical (unpaired) electrons. The van der Waals surface area contributed by atoms with Gasteiger partial charge in [-0.3, -0.25) is 52.9 Å². The number of carbonyl (C=O) groups is 10. The third-order valence-corrected chi connectivity index (χ3v) is 11.5. The first kappa shape index (κ1) is 64.4. The van der Waals surface area contributed by atoms with Gasteiger partial charge in [0.25, 0.3) is 0 Å².